The van der Waals surface area contributed by atoms with Crippen LogP contribution < -0.4 is 5.32 Å². The number of aromatic nitrogens is 1. The summed E-state index contributed by atoms with van der Waals surface area (Å²) in [6, 6.07) is 6.08. The van der Waals surface area contributed by atoms with E-state index in [4.69, 9.17) is 4.74 Å². The summed E-state index contributed by atoms with van der Waals surface area (Å²) < 4.78 is 6.12. The molecule has 112 valence electrons. The predicted molar refractivity (Wildman–Crippen MR) is 83.8 cm³/mol. The summed E-state index contributed by atoms with van der Waals surface area (Å²) >= 11 is 0. The third-order valence-corrected chi connectivity index (χ3v) is 3.98. The molecule has 0 radical (unpaired) electrons. The summed E-state index contributed by atoms with van der Waals surface area (Å²) in [5.74, 6) is 1.69. The van der Waals surface area contributed by atoms with Gasteiger partial charge in [-0.3, -0.25) is 0 Å². The maximum atomic E-state index is 6.12. The minimum atomic E-state index is 0.373. The van der Waals surface area contributed by atoms with Crippen LogP contribution in [0.2, 0.25) is 0 Å². The van der Waals surface area contributed by atoms with Crippen LogP contribution >= 0.6 is 0 Å². The van der Waals surface area contributed by atoms with Crippen LogP contribution in [0.15, 0.2) is 18.2 Å². The van der Waals surface area contributed by atoms with Gasteiger partial charge < -0.3 is 10.1 Å². The zero-order chi connectivity index (χ0) is 14.6. The summed E-state index contributed by atoms with van der Waals surface area (Å²) in [4.78, 5) is 4.57. The summed E-state index contributed by atoms with van der Waals surface area (Å²) in [6.07, 6.45) is 4.01. The normalized spacial score (nSPS) is 25.4. The molecule has 0 bridgehead atoms. The lowest BCUT2D eigenvalue weighted by atomic mass is 9.71. The standard InChI is InChI=1S/C17H28N2O/c1-5-18-16-8-6-7-14(19-16)12-20-15-9-13(2)10-17(3,4)11-15/h6-8,13,15H,5,9-12H2,1-4H3,(H,18,19). The molecule has 0 aliphatic heterocycles. The molecule has 3 nitrogen and oxygen atoms in total. The minimum absolute atomic E-state index is 0.373. The zero-order valence-electron chi connectivity index (χ0n) is 13.3. The van der Waals surface area contributed by atoms with Crippen molar-refractivity contribution in [2.24, 2.45) is 11.3 Å². The number of hydrogen-bond acceptors (Lipinski definition) is 3. The molecule has 3 heteroatoms. The van der Waals surface area contributed by atoms with Crippen molar-refractivity contribution in [1.82, 2.24) is 4.98 Å². The fourth-order valence-corrected chi connectivity index (χ4v) is 3.43. The summed E-state index contributed by atoms with van der Waals surface area (Å²) in [7, 11) is 0. The van der Waals surface area contributed by atoms with Crippen molar-refractivity contribution in [3.05, 3.63) is 23.9 Å². The lowest BCUT2D eigenvalue weighted by Gasteiger charge is -2.38. The van der Waals surface area contributed by atoms with Gasteiger partial charge in [-0.1, -0.05) is 26.8 Å². The minimum Gasteiger partial charge on any atom is -0.372 e. The molecule has 1 aliphatic carbocycles. The van der Waals surface area contributed by atoms with E-state index in [1.807, 2.05) is 18.2 Å². The van der Waals surface area contributed by atoms with Gasteiger partial charge in [0.1, 0.15) is 5.82 Å². The van der Waals surface area contributed by atoms with Crippen LogP contribution in [-0.4, -0.2) is 17.6 Å². The first-order chi connectivity index (χ1) is 9.48. The third kappa shape index (κ3) is 4.48. The van der Waals surface area contributed by atoms with Gasteiger partial charge in [0.05, 0.1) is 18.4 Å². The second-order valence-corrected chi connectivity index (χ2v) is 6.89. The maximum Gasteiger partial charge on any atom is 0.126 e. The molecule has 1 saturated carbocycles. The fourth-order valence-electron chi connectivity index (χ4n) is 3.43. The van der Waals surface area contributed by atoms with Crippen LogP contribution in [0.3, 0.4) is 0 Å². The zero-order valence-corrected chi connectivity index (χ0v) is 13.3. The first-order valence-electron chi connectivity index (χ1n) is 7.80. The molecule has 2 unspecified atom stereocenters. The lowest BCUT2D eigenvalue weighted by molar-refractivity contribution is -0.0326. The number of anilines is 1. The van der Waals surface area contributed by atoms with Crippen LogP contribution in [0.25, 0.3) is 0 Å². The molecule has 1 N–H and O–H groups in total. The Bertz CT molecular complexity index is 431. The first kappa shape index (κ1) is 15.3. The van der Waals surface area contributed by atoms with Gasteiger partial charge in [-0.15, -0.1) is 0 Å². The van der Waals surface area contributed by atoms with E-state index in [0.717, 1.165) is 30.4 Å². The van der Waals surface area contributed by atoms with Crippen molar-refractivity contribution in [3.63, 3.8) is 0 Å². The third-order valence-electron chi connectivity index (χ3n) is 3.98. The molecule has 0 aromatic carbocycles. The second kappa shape index (κ2) is 6.57. The van der Waals surface area contributed by atoms with Gasteiger partial charge in [0, 0.05) is 6.54 Å². The van der Waals surface area contributed by atoms with E-state index < -0.39 is 0 Å². The van der Waals surface area contributed by atoms with E-state index in [9.17, 15) is 0 Å². The number of ether oxygens (including phenoxy) is 1. The topological polar surface area (TPSA) is 34.1 Å². The molecular formula is C17H28N2O. The highest BCUT2D eigenvalue weighted by Crippen LogP contribution is 2.39. The van der Waals surface area contributed by atoms with Crippen LogP contribution in [0.1, 0.15) is 52.7 Å². The number of rotatable bonds is 5. The molecule has 0 amide bonds. The van der Waals surface area contributed by atoms with Crippen LogP contribution in [0.5, 0.6) is 0 Å². The molecule has 20 heavy (non-hydrogen) atoms. The van der Waals surface area contributed by atoms with Crippen molar-refractivity contribution in [3.8, 4) is 0 Å². The van der Waals surface area contributed by atoms with Gasteiger partial charge >= 0.3 is 0 Å². The van der Waals surface area contributed by atoms with E-state index >= 15 is 0 Å². The first-order valence-corrected chi connectivity index (χ1v) is 7.80. The smallest absolute Gasteiger partial charge is 0.126 e. The quantitative estimate of drug-likeness (QED) is 0.873. The molecule has 0 saturated heterocycles. The Morgan fingerprint density at radius 3 is 2.85 bits per heavy atom. The van der Waals surface area contributed by atoms with Crippen LogP contribution in [-0.2, 0) is 11.3 Å². The van der Waals surface area contributed by atoms with E-state index in [2.05, 4.69) is 38.0 Å². The monoisotopic (exact) mass is 276 g/mol. The Labute approximate surface area is 123 Å². The number of nitrogens with one attached hydrogen (secondary N) is 1. The Hall–Kier alpha value is -1.09. The molecular weight excluding hydrogens is 248 g/mol. The molecule has 1 aliphatic rings. The van der Waals surface area contributed by atoms with Gasteiger partial charge in [0.2, 0.25) is 0 Å². The average Bonchev–Trinajstić information content (AvgIpc) is 2.35. The highest BCUT2D eigenvalue weighted by molar-refractivity contribution is 5.34. The van der Waals surface area contributed by atoms with Crippen LogP contribution in [0, 0.1) is 11.3 Å². The SMILES string of the molecule is CCNc1cccc(COC2CC(C)CC(C)(C)C2)n1. The number of pyridine rings is 1. The largest absolute Gasteiger partial charge is 0.372 e. The van der Waals surface area contributed by atoms with E-state index in [1.165, 1.54) is 12.8 Å². The van der Waals surface area contributed by atoms with Crippen molar-refractivity contribution >= 4 is 5.82 Å². The van der Waals surface area contributed by atoms with Crippen LogP contribution in [0.4, 0.5) is 5.82 Å². The maximum absolute atomic E-state index is 6.12. The van der Waals surface area contributed by atoms with Gasteiger partial charge in [-0.05, 0) is 49.7 Å². The summed E-state index contributed by atoms with van der Waals surface area (Å²) in [6.45, 7) is 10.6. The lowest BCUT2D eigenvalue weighted by Crippen LogP contribution is -2.32. The Morgan fingerprint density at radius 1 is 1.35 bits per heavy atom. The van der Waals surface area contributed by atoms with E-state index in [0.29, 0.717) is 18.1 Å². The molecule has 0 spiro atoms. The molecule has 1 aromatic heterocycles. The van der Waals surface area contributed by atoms with Crippen molar-refractivity contribution in [2.45, 2.75) is 59.7 Å². The van der Waals surface area contributed by atoms with Gasteiger partial charge in [0.25, 0.3) is 0 Å². The Morgan fingerprint density at radius 2 is 2.15 bits per heavy atom. The molecule has 1 aromatic rings. The van der Waals surface area contributed by atoms with Gasteiger partial charge in [-0.25, -0.2) is 4.98 Å². The molecule has 2 atom stereocenters. The number of hydrogen-bond donors (Lipinski definition) is 1. The summed E-state index contributed by atoms with van der Waals surface area (Å²) in [5, 5.41) is 3.24. The number of nitrogens with zero attached hydrogens (tertiary/aromatic N) is 1. The molecule has 1 heterocycles. The molecule has 1 fully saturated rings. The fraction of sp³-hybridized carbons (Fsp3) is 0.706. The van der Waals surface area contributed by atoms with Gasteiger partial charge in [0.15, 0.2) is 0 Å². The van der Waals surface area contributed by atoms with Crippen molar-refractivity contribution in [2.75, 3.05) is 11.9 Å². The van der Waals surface area contributed by atoms with E-state index in [1.54, 1.807) is 0 Å². The summed E-state index contributed by atoms with van der Waals surface area (Å²) in [5.41, 5.74) is 1.42. The van der Waals surface area contributed by atoms with Gasteiger partial charge in [-0.2, -0.15) is 0 Å². The van der Waals surface area contributed by atoms with Crippen molar-refractivity contribution < 1.29 is 4.74 Å². The highest BCUT2D eigenvalue weighted by atomic mass is 16.5. The van der Waals surface area contributed by atoms with Crippen molar-refractivity contribution in [1.29, 1.82) is 0 Å². The Kier molecular flexibility index (Phi) is 5.03. The second-order valence-electron chi connectivity index (χ2n) is 6.89. The van der Waals surface area contributed by atoms with E-state index in [-0.39, 0.29) is 0 Å². The Balaban J connectivity index is 1.90. The average molecular weight is 276 g/mol. The highest BCUT2D eigenvalue weighted by Gasteiger charge is 2.32. The predicted octanol–water partition coefficient (Wildman–Crippen LogP) is 4.24. The molecule has 2 rings (SSSR count).